The first kappa shape index (κ1) is 15.6. The normalized spacial score (nSPS) is 11.9. The van der Waals surface area contributed by atoms with Crippen LogP contribution in [0.1, 0.15) is 18.5 Å². The fourth-order valence-electron chi connectivity index (χ4n) is 2.17. The highest BCUT2D eigenvalue weighted by molar-refractivity contribution is 9.10. The Labute approximate surface area is 134 Å². The first-order chi connectivity index (χ1) is 10.0. The zero-order valence-corrected chi connectivity index (χ0v) is 14.3. The Morgan fingerprint density at radius 3 is 2.67 bits per heavy atom. The summed E-state index contributed by atoms with van der Waals surface area (Å²) in [4.78, 5) is 6.33. The molecule has 0 aliphatic rings. The fourth-order valence-corrected chi connectivity index (χ4v) is 2.59. The molecule has 5 heteroatoms. The van der Waals surface area contributed by atoms with Gasteiger partial charge in [-0.3, -0.25) is 0 Å². The van der Waals surface area contributed by atoms with Crippen molar-refractivity contribution in [3.63, 3.8) is 0 Å². The van der Waals surface area contributed by atoms with Gasteiger partial charge in [0.25, 0.3) is 0 Å². The average Bonchev–Trinajstić information content (AvgIpc) is 2.47. The number of nitrogens with zero attached hydrogens (tertiary/aromatic N) is 2. The average molecular weight is 350 g/mol. The second kappa shape index (κ2) is 6.80. The summed E-state index contributed by atoms with van der Waals surface area (Å²) in [5.74, 6) is 0.600. The van der Waals surface area contributed by atoms with Crippen molar-refractivity contribution in [1.82, 2.24) is 4.98 Å². The summed E-state index contributed by atoms with van der Waals surface area (Å²) in [5, 5.41) is 3.50. The van der Waals surface area contributed by atoms with E-state index in [0.717, 1.165) is 15.8 Å². The molecule has 0 radical (unpaired) electrons. The third-order valence-corrected chi connectivity index (χ3v) is 3.77. The molecule has 2 aromatic rings. The third-order valence-electron chi connectivity index (χ3n) is 3.28. The molecular formula is C16H20BrN3O. The highest BCUT2D eigenvalue weighted by atomic mass is 79.9. The molecule has 1 heterocycles. The van der Waals surface area contributed by atoms with Crippen molar-refractivity contribution < 1.29 is 4.74 Å². The summed E-state index contributed by atoms with van der Waals surface area (Å²) in [5.41, 5.74) is 3.14. The quantitative estimate of drug-likeness (QED) is 0.881. The van der Waals surface area contributed by atoms with E-state index in [2.05, 4.69) is 45.3 Å². The summed E-state index contributed by atoms with van der Waals surface area (Å²) in [6.07, 6.45) is 1.75. The van der Waals surface area contributed by atoms with Crippen molar-refractivity contribution >= 4 is 27.3 Å². The minimum Gasteiger partial charge on any atom is -0.479 e. The van der Waals surface area contributed by atoms with Gasteiger partial charge in [-0.15, -0.1) is 0 Å². The van der Waals surface area contributed by atoms with Crippen LogP contribution in [0.2, 0.25) is 0 Å². The Kier molecular flexibility index (Phi) is 5.07. The molecular weight excluding hydrogens is 330 g/mol. The monoisotopic (exact) mass is 349 g/mol. The first-order valence-corrected chi connectivity index (χ1v) is 7.54. The molecule has 0 amide bonds. The topological polar surface area (TPSA) is 37.4 Å². The van der Waals surface area contributed by atoms with Gasteiger partial charge < -0.3 is 15.0 Å². The molecule has 0 fully saturated rings. The van der Waals surface area contributed by atoms with E-state index in [1.54, 1.807) is 13.3 Å². The SMILES string of the molecule is COc1nccc(N(C)C)c1NC(C)c1cccc(Br)c1. The second-order valence-corrected chi connectivity index (χ2v) is 5.95. The number of rotatable bonds is 5. The van der Waals surface area contributed by atoms with Gasteiger partial charge in [-0.25, -0.2) is 4.98 Å². The maximum atomic E-state index is 5.39. The molecule has 0 spiro atoms. The van der Waals surface area contributed by atoms with Gasteiger partial charge in [0.2, 0.25) is 5.88 Å². The number of ether oxygens (including phenoxy) is 1. The number of benzene rings is 1. The van der Waals surface area contributed by atoms with Crippen molar-refractivity contribution in [2.45, 2.75) is 13.0 Å². The number of hydrogen-bond donors (Lipinski definition) is 1. The number of hydrogen-bond acceptors (Lipinski definition) is 4. The number of methoxy groups -OCH3 is 1. The van der Waals surface area contributed by atoms with Crippen molar-refractivity contribution in [2.75, 3.05) is 31.4 Å². The molecule has 0 aliphatic carbocycles. The number of nitrogens with one attached hydrogen (secondary N) is 1. The van der Waals surface area contributed by atoms with Gasteiger partial charge >= 0.3 is 0 Å². The zero-order chi connectivity index (χ0) is 15.4. The van der Waals surface area contributed by atoms with E-state index in [4.69, 9.17) is 4.74 Å². The maximum Gasteiger partial charge on any atom is 0.239 e. The predicted octanol–water partition coefficient (Wildman–Crippen LogP) is 4.09. The lowest BCUT2D eigenvalue weighted by Gasteiger charge is -2.23. The van der Waals surface area contributed by atoms with Gasteiger partial charge in [0, 0.05) is 30.8 Å². The van der Waals surface area contributed by atoms with Gasteiger partial charge in [-0.05, 0) is 30.7 Å². The van der Waals surface area contributed by atoms with Gasteiger partial charge in [0.15, 0.2) is 0 Å². The summed E-state index contributed by atoms with van der Waals surface area (Å²) < 4.78 is 6.46. The number of anilines is 2. The van der Waals surface area contributed by atoms with E-state index in [9.17, 15) is 0 Å². The number of halogens is 1. The van der Waals surface area contributed by atoms with E-state index in [-0.39, 0.29) is 6.04 Å². The van der Waals surface area contributed by atoms with E-state index in [1.165, 1.54) is 5.56 Å². The van der Waals surface area contributed by atoms with Crippen molar-refractivity contribution in [3.8, 4) is 5.88 Å². The predicted molar refractivity (Wildman–Crippen MR) is 91.3 cm³/mol. The lowest BCUT2D eigenvalue weighted by atomic mass is 10.1. The minimum atomic E-state index is 0.138. The van der Waals surface area contributed by atoms with Crippen LogP contribution in [0.3, 0.4) is 0 Å². The lowest BCUT2D eigenvalue weighted by molar-refractivity contribution is 0.399. The molecule has 1 aromatic heterocycles. The van der Waals surface area contributed by atoms with Crippen molar-refractivity contribution in [1.29, 1.82) is 0 Å². The van der Waals surface area contributed by atoms with Crippen molar-refractivity contribution in [3.05, 3.63) is 46.6 Å². The summed E-state index contributed by atoms with van der Waals surface area (Å²) in [7, 11) is 5.64. The van der Waals surface area contributed by atoms with Crippen LogP contribution in [-0.2, 0) is 0 Å². The van der Waals surface area contributed by atoms with Crippen LogP contribution in [0.25, 0.3) is 0 Å². The Morgan fingerprint density at radius 2 is 2.05 bits per heavy atom. The van der Waals surface area contributed by atoms with Crippen molar-refractivity contribution in [2.24, 2.45) is 0 Å². The third kappa shape index (κ3) is 3.67. The molecule has 1 unspecified atom stereocenters. The lowest BCUT2D eigenvalue weighted by Crippen LogP contribution is -2.15. The van der Waals surface area contributed by atoms with E-state index in [1.807, 2.05) is 37.2 Å². The highest BCUT2D eigenvalue weighted by Crippen LogP contribution is 2.35. The standard InChI is InChI=1S/C16H20BrN3O/c1-11(12-6-5-7-13(17)10-12)19-15-14(20(2)3)8-9-18-16(15)21-4/h5-11,19H,1-4H3. The minimum absolute atomic E-state index is 0.138. The first-order valence-electron chi connectivity index (χ1n) is 6.75. The molecule has 1 N–H and O–H groups in total. The van der Waals surface area contributed by atoms with Crippen LogP contribution in [-0.4, -0.2) is 26.2 Å². The number of aromatic nitrogens is 1. The Morgan fingerprint density at radius 1 is 1.29 bits per heavy atom. The van der Waals surface area contributed by atoms with Crippen LogP contribution < -0.4 is 15.0 Å². The van der Waals surface area contributed by atoms with Gasteiger partial charge in [-0.2, -0.15) is 0 Å². The maximum absolute atomic E-state index is 5.39. The molecule has 0 bridgehead atoms. The smallest absolute Gasteiger partial charge is 0.239 e. The van der Waals surface area contributed by atoms with E-state index in [0.29, 0.717) is 5.88 Å². The molecule has 2 rings (SSSR count). The fraction of sp³-hybridized carbons (Fsp3) is 0.312. The Balaban J connectivity index is 2.34. The molecule has 0 saturated heterocycles. The summed E-state index contributed by atoms with van der Waals surface area (Å²) >= 11 is 3.51. The van der Waals surface area contributed by atoms with E-state index < -0.39 is 0 Å². The largest absolute Gasteiger partial charge is 0.479 e. The molecule has 1 aromatic carbocycles. The van der Waals surface area contributed by atoms with Gasteiger partial charge in [-0.1, -0.05) is 28.1 Å². The van der Waals surface area contributed by atoms with Crippen LogP contribution in [0.5, 0.6) is 5.88 Å². The van der Waals surface area contributed by atoms with E-state index >= 15 is 0 Å². The van der Waals surface area contributed by atoms with Gasteiger partial charge in [0.1, 0.15) is 5.69 Å². The number of pyridine rings is 1. The molecule has 21 heavy (non-hydrogen) atoms. The highest BCUT2D eigenvalue weighted by Gasteiger charge is 2.15. The molecule has 4 nitrogen and oxygen atoms in total. The van der Waals surface area contributed by atoms with Crippen LogP contribution in [0.4, 0.5) is 11.4 Å². The molecule has 0 saturated carbocycles. The zero-order valence-electron chi connectivity index (χ0n) is 12.7. The van der Waals surface area contributed by atoms with Gasteiger partial charge in [0.05, 0.1) is 12.8 Å². The van der Waals surface area contributed by atoms with Crippen LogP contribution in [0, 0.1) is 0 Å². The Hall–Kier alpha value is -1.75. The molecule has 1 atom stereocenters. The molecule has 0 aliphatic heterocycles. The van der Waals surface area contributed by atoms with Crippen LogP contribution in [0.15, 0.2) is 41.0 Å². The summed E-state index contributed by atoms with van der Waals surface area (Å²) in [6.45, 7) is 2.12. The second-order valence-electron chi connectivity index (χ2n) is 5.03. The Bertz CT molecular complexity index is 616. The summed E-state index contributed by atoms with van der Waals surface area (Å²) in [6, 6.07) is 10.4. The van der Waals surface area contributed by atoms with Crippen LogP contribution >= 0.6 is 15.9 Å². The molecule has 112 valence electrons.